The molecule has 164 valence electrons. The van der Waals surface area contributed by atoms with E-state index in [4.69, 9.17) is 0 Å². The number of likely N-dealkylation sites (N-methyl/N-ethyl adjacent to an activating group) is 1. The monoisotopic (exact) mass is 417 g/mol. The van der Waals surface area contributed by atoms with Crippen molar-refractivity contribution in [1.82, 2.24) is 15.1 Å². The van der Waals surface area contributed by atoms with Crippen LogP contribution in [0.4, 0.5) is 11.4 Å². The molecule has 2 heterocycles. The zero-order chi connectivity index (χ0) is 22.0. The van der Waals surface area contributed by atoms with Crippen molar-refractivity contribution in [2.45, 2.75) is 27.7 Å². The van der Waals surface area contributed by atoms with Crippen molar-refractivity contribution in [2.24, 2.45) is 0 Å². The molecule has 1 aliphatic heterocycles. The Morgan fingerprint density at radius 3 is 2.39 bits per heavy atom. The Balaban J connectivity index is 1.73. The molecule has 2 aromatic carbocycles. The van der Waals surface area contributed by atoms with Gasteiger partial charge < -0.3 is 14.7 Å². The molecule has 0 atom stereocenters. The van der Waals surface area contributed by atoms with Crippen molar-refractivity contribution in [2.75, 3.05) is 56.1 Å². The van der Waals surface area contributed by atoms with Gasteiger partial charge in [0.25, 0.3) is 0 Å². The highest BCUT2D eigenvalue weighted by molar-refractivity contribution is 5.96. The van der Waals surface area contributed by atoms with Gasteiger partial charge in [-0.05, 0) is 69.6 Å². The van der Waals surface area contributed by atoms with E-state index in [0.717, 1.165) is 50.5 Å². The lowest BCUT2D eigenvalue weighted by Gasteiger charge is -2.37. The van der Waals surface area contributed by atoms with Gasteiger partial charge in [-0.25, -0.2) is 0 Å². The van der Waals surface area contributed by atoms with Gasteiger partial charge in [0.1, 0.15) is 0 Å². The van der Waals surface area contributed by atoms with Crippen molar-refractivity contribution in [3.63, 3.8) is 0 Å². The van der Waals surface area contributed by atoms with Gasteiger partial charge in [0, 0.05) is 44.7 Å². The number of aromatic amines is 1. The first kappa shape index (κ1) is 21.4. The second kappa shape index (κ2) is 9.15. The molecule has 0 bridgehead atoms. The third kappa shape index (κ3) is 4.47. The minimum Gasteiger partial charge on any atom is -0.370 e. The Morgan fingerprint density at radius 2 is 1.71 bits per heavy atom. The minimum absolute atomic E-state index is 0.992. The van der Waals surface area contributed by atoms with Gasteiger partial charge in [0.15, 0.2) is 0 Å². The number of anilines is 2. The quantitative estimate of drug-likeness (QED) is 0.616. The van der Waals surface area contributed by atoms with Gasteiger partial charge in [-0.1, -0.05) is 24.3 Å². The van der Waals surface area contributed by atoms with Crippen LogP contribution in [0.15, 0.2) is 30.3 Å². The topological polar surface area (TPSA) is 38.4 Å². The van der Waals surface area contributed by atoms with Gasteiger partial charge in [-0.2, -0.15) is 5.10 Å². The van der Waals surface area contributed by atoms with Crippen molar-refractivity contribution in [3.8, 4) is 0 Å². The van der Waals surface area contributed by atoms with E-state index < -0.39 is 0 Å². The fourth-order valence-electron chi connectivity index (χ4n) is 4.35. The molecule has 0 aliphatic carbocycles. The van der Waals surface area contributed by atoms with Crippen LogP contribution in [0.5, 0.6) is 0 Å². The van der Waals surface area contributed by atoms with E-state index in [1.54, 1.807) is 0 Å². The Morgan fingerprint density at radius 1 is 0.968 bits per heavy atom. The number of hydrogen-bond donors (Lipinski definition) is 1. The summed E-state index contributed by atoms with van der Waals surface area (Å²) in [5, 5.41) is 9.10. The van der Waals surface area contributed by atoms with Crippen LogP contribution in [0, 0.1) is 13.8 Å². The van der Waals surface area contributed by atoms with Crippen LogP contribution in [0.3, 0.4) is 0 Å². The number of hydrogen-bond acceptors (Lipinski definition) is 4. The van der Waals surface area contributed by atoms with Crippen LogP contribution in [-0.2, 0) is 0 Å². The molecule has 4 rings (SSSR count). The van der Waals surface area contributed by atoms with E-state index in [1.807, 2.05) is 0 Å². The molecule has 0 amide bonds. The summed E-state index contributed by atoms with van der Waals surface area (Å²) in [6, 6.07) is 11.2. The first-order chi connectivity index (χ1) is 15.0. The number of piperazine rings is 1. The highest BCUT2D eigenvalue weighted by Gasteiger charge is 2.21. The lowest BCUT2D eigenvalue weighted by molar-refractivity contribution is 0.313. The largest absolute Gasteiger partial charge is 0.370 e. The molecular formula is C26H35N5. The Hall–Kier alpha value is -2.79. The van der Waals surface area contributed by atoms with Crippen LogP contribution in [0.2, 0.25) is 0 Å². The van der Waals surface area contributed by atoms with E-state index >= 15 is 0 Å². The number of rotatable bonds is 6. The number of nitrogens with zero attached hydrogens (tertiary/aromatic N) is 4. The fraction of sp³-hybridized carbons (Fsp3) is 0.423. The third-order valence-corrected chi connectivity index (χ3v) is 6.60. The molecule has 5 heteroatoms. The molecule has 1 aliphatic rings. The summed E-state index contributed by atoms with van der Waals surface area (Å²) in [4.78, 5) is 7.38. The molecule has 0 spiro atoms. The third-order valence-electron chi connectivity index (χ3n) is 6.60. The molecule has 0 radical (unpaired) electrons. The van der Waals surface area contributed by atoms with Crippen molar-refractivity contribution in [1.29, 1.82) is 0 Å². The molecule has 0 saturated carbocycles. The Kier molecular flexibility index (Phi) is 6.33. The van der Waals surface area contributed by atoms with Crippen LogP contribution in [0.25, 0.3) is 23.1 Å². The smallest absolute Gasteiger partial charge is 0.0928 e. The van der Waals surface area contributed by atoms with Gasteiger partial charge >= 0.3 is 0 Å². The average Bonchev–Trinajstić information content (AvgIpc) is 3.17. The summed E-state index contributed by atoms with van der Waals surface area (Å²) in [6.45, 7) is 15.1. The minimum atomic E-state index is 0.992. The first-order valence-corrected chi connectivity index (χ1v) is 11.5. The van der Waals surface area contributed by atoms with Crippen molar-refractivity contribution >= 4 is 34.4 Å². The van der Waals surface area contributed by atoms with Gasteiger partial charge in [-0.15, -0.1) is 0 Å². The maximum absolute atomic E-state index is 4.64. The maximum atomic E-state index is 4.64. The second-order valence-corrected chi connectivity index (χ2v) is 8.63. The number of nitrogens with one attached hydrogen (secondary N) is 1. The summed E-state index contributed by atoms with van der Waals surface area (Å²) < 4.78 is 0. The number of aromatic nitrogens is 2. The highest BCUT2D eigenvalue weighted by Crippen LogP contribution is 2.35. The highest BCUT2D eigenvalue weighted by atomic mass is 15.3. The van der Waals surface area contributed by atoms with Gasteiger partial charge in [0.2, 0.25) is 0 Å². The van der Waals surface area contributed by atoms with Crippen LogP contribution in [-0.4, -0.2) is 61.4 Å². The van der Waals surface area contributed by atoms with E-state index in [0.29, 0.717) is 0 Å². The number of fused-ring (bicyclic) bond motifs is 1. The van der Waals surface area contributed by atoms with Crippen LogP contribution in [0.1, 0.15) is 36.2 Å². The zero-order valence-electron chi connectivity index (χ0n) is 19.6. The van der Waals surface area contributed by atoms with E-state index in [2.05, 4.69) is 102 Å². The second-order valence-electron chi connectivity index (χ2n) is 8.63. The number of benzene rings is 2. The lowest BCUT2D eigenvalue weighted by atomic mass is 10.1. The van der Waals surface area contributed by atoms with Crippen molar-refractivity contribution < 1.29 is 0 Å². The van der Waals surface area contributed by atoms with E-state index in [1.165, 1.54) is 33.5 Å². The molecular weight excluding hydrogens is 382 g/mol. The molecule has 1 N–H and O–H groups in total. The summed E-state index contributed by atoms with van der Waals surface area (Å²) >= 11 is 0. The Labute approximate surface area is 186 Å². The summed E-state index contributed by atoms with van der Waals surface area (Å²) in [5.41, 5.74) is 8.56. The standard InChI is InChI=1S/C26H35N5/c1-6-30(7-2)25-17-22-23(11-10-21-9-8-19(3)20(4)16-21)27-28-24(22)18-26(25)31-14-12-29(5)13-15-31/h8-11,16-18H,6-7,12-15H2,1-5H3,(H,27,28)/b11-10+. The number of H-pyrrole nitrogens is 1. The normalized spacial score (nSPS) is 15.3. The lowest BCUT2D eigenvalue weighted by Crippen LogP contribution is -2.45. The van der Waals surface area contributed by atoms with E-state index in [9.17, 15) is 0 Å². The molecule has 1 saturated heterocycles. The zero-order valence-corrected chi connectivity index (χ0v) is 19.6. The van der Waals surface area contributed by atoms with Crippen LogP contribution < -0.4 is 9.80 Å². The maximum Gasteiger partial charge on any atom is 0.0928 e. The Bertz CT molecular complexity index is 1070. The summed E-state index contributed by atoms with van der Waals surface area (Å²) in [5.74, 6) is 0. The molecule has 1 fully saturated rings. The van der Waals surface area contributed by atoms with E-state index in [-0.39, 0.29) is 0 Å². The predicted octanol–water partition coefficient (Wildman–Crippen LogP) is 4.95. The van der Waals surface area contributed by atoms with Crippen molar-refractivity contribution in [3.05, 3.63) is 52.7 Å². The van der Waals surface area contributed by atoms with Gasteiger partial charge in [-0.3, -0.25) is 5.10 Å². The summed E-state index contributed by atoms with van der Waals surface area (Å²) in [6.07, 6.45) is 4.29. The average molecular weight is 418 g/mol. The molecule has 31 heavy (non-hydrogen) atoms. The molecule has 1 aromatic heterocycles. The van der Waals surface area contributed by atoms with Crippen LogP contribution >= 0.6 is 0 Å². The first-order valence-electron chi connectivity index (χ1n) is 11.5. The fourth-order valence-corrected chi connectivity index (χ4v) is 4.35. The summed E-state index contributed by atoms with van der Waals surface area (Å²) in [7, 11) is 2.20. The number of aryl methyl sites for hydroxylation is 2. The molecule has 0 unspecified atom stereocenters. The predicted molar refractivity (Wildman–Crippen MR) is 134 cm³/mol. The molecule has 3 aromatic rings. The van der Waals surface area contributed by atoms with Gasteiger partial charge in [0.05, 0.1) is 22.6 Å². The SMILES string of the molecule is CCN(CC)c1cc2c(/C=C/c3ccc(C)c(C)c3)n[nH]c2cc1N1CCN(C)CC1. The molecule has 5 nitrogen and oxygen atoms in total.